The van der Waals surface area contributed by atoms with Crippen molar-refractivity contribution in [3.63, 3.8) is 0 Å². The molecule has 0 aliphatic rings. The number of nitrogens with zero attached hydrogens (tertiary/aromatic N) is 4. The molecule has 2 aromatic heterocycles. The molecule has 0 saturated heterocycles. The van der Waals surface area contributed by atoms with E-state index >= 15 is 0 Å². The van der Waals surface area contributed by atoms with E-state index in [0.29, 0.717) is 5.82 Å². The van der Waals surface area contributed by atoms with E-state index in [1.807, 2.05) is 0 Å². The summed E-state index contributed by atoms with van der Waals surface area (Å²) in [6, 6.07) is 0. The van der Waals surface area contributed by atoms with E-state index < -0.39 is 5.60 Å². The number of hydrogen-bond donors (Lipinski definition) is 3. The number of nitrogens with one attached hydrogen (secondary N) is 2. The molecule has 112 valence electrons. The van der Waals surface area contributed by atoms with Gasteiger partial charge in [0.15, 0.2) is 23.0 Å². The molecule has 0 spiro atoms. The Kier molecular flexibility index (Phi) is 14.9. The van der Waals surface area contributed by atoms with Gasteiger partial charge in [0.05, 0.1) is 0 Å². The van der Waals surface area contributed by atoms with Gasteiger partial charge in [-0.1, -0.05) is 5.92 Å². The summed E-state index contributed by atoms with van der Waals surface area (Å²) in [4.78, 5) is 17.7. The number of Topliss-reactive ketones (excluding diaryl/α,β-unsaturated/α-hetero) is 1. The van der Waals surface area contributed by atoms with Crippen molar-refractivity contribution in [1.82, 2.24) is 30.4 Å². The van der Waals surface area contributed by atoms with Gasteiger partial charge in [-0.3, -0.25) is 15.0 Å². The first-order valence-electron chi connectivity index (χ1n) is 5.18. The number of aromatic amines is 2. The molecule has 3 N–H and O–H groups in total. The first-order chi connectivity index (χ1) is 9.47. The second kappa shape index (κ2) is 13.0. The molecule has 10 heteroatoms. The zero-order valence-electron chi connectivity index (χ0n) is 12.0. The number of H-pyrrole nitrogens is 2. The molecular weight excluding hydrogens is 364 g/mol. The number of ketones is 1. The average molecular weight is 377 g/mol. The predicted molar refractivity (Wildman–Crippen MR) is 75.1 cm³/mol. The van der Waals surface area contributed by atoms with Gasteiger partial charge in [0.2, 0.25) is 0 Å². The van der Waals surface area contributed by atoms with Crippen molar-refractivity contribution in [3.05, 3.63) is 30.7 Å². The van der Waals surface area contributed by atoms with E-state index in [2.05, 4.69) is 42.7 Å². The van der Waals surface area contributed by atoms with Crippen LogP contribution in [-0.2, 0) is 5.60 Å². The fourth-order valence-corrected chi connectivity index (χ4v) is 0.883. The number of rotatable bonds is 2. The van der Waals surface area contributed by atoms with Gasteiger partial charge in [-0.25, -0.2) is 9.97 Å². The third-order valence-electron chi connectivity index (χ3n) is 1.91. The maximum atomic E-state index is 10.4. The Bertz CT molecular complexity index is 575. The van der Waals surface area contributed by atoms with Crippen LogP contribution in [0.5, 0.6) is 0 Å². The standard InChI is InChI=1S/C6H7N3O.C4H5N3O.C2H.BrH.Mg/c1-3-6(2,10)5-7-4-8-9-5;1-3(8)4-5-2-6-7-4;1-2;;/h1,4,10H,2H3,(H,7,8,9);2H,1H3,(H,5,6,7);1H;1H;/q;;-1;;+2/p-1. The Balaban J connectivity index is -0.000000276. The molecule has 8 nitrogen and oxygen atoms in total. The largest absolute Gasteiger partial charge is 2.00 e. The van der Waals surface area contributed by atoms with Gasteiger partial charge < -0.3 is 34.9 Å². The number of halogens is 1. The fourth-order valence-electron chi connectivity index (χ4n) is 0.883. The summed E-state index contributed by atoms with van der Waals surface area (Å²) in [5.41, 5.74) is -1.34. The van der Waals surface area contributed by atoms with Crippen LogP contribution >= 0.6 is 0 Å². The van der Waals surface area contributed by atoms with Crippen LogP contribution in [0.4, 0.5) is 0 Å². The van der Waals surface area contributed by atoms with Gasteiger partial charge >= 0.3 is 23.1 Å². The Morgan fingerprint density at radius 2 is 1.82 bits per heavy atom. The SMILES string of the molecule is C#CC(C)(O)c1ncn[nH]1.CC(=O)c1ncn[nH]1.[Br-].[C-]#C.[Mg+2]. The van der Waals surface area contributed by atoms with E-state index in [0.717, 1.165) is 0 Å². The van der Waals surface area contributed by atoms with Crippen LogP contribution in [-0.4, -0.2) is 64.3 Å². The topological polar surface area (TPSA) is 120 Å². The molecular formula is C12H13BrMgN6O2. The first-order valence-corrected chi connectivity index (χ1v) is 5.18. The summed E-state index contributed by atoms with van der Waals surface area (Å²) in [5.74, 6) is 2.67. The molecule has 2 aromatic rings. The minimum atomic E-state index is -1.34. The summed E-state index contributed by atoms with van der Waals surface area (Å²) >= 11 is 0. The molecule has 0 amide bonds. The van der Waals surface area contributed by atoms with Crippen molar-refractivity contribution in [2.75, 3.05) is 0 Å². The normalized spacial score (nSPS) is 10.5. The zero-order chi connectivity index (χ0) is 15.6. The Morgan fingerprint density at radius 3 is 2.09 bits per heavy atom. The minimum absolute atomic E-state index is 0. The molecule has 1 atom stereocenters. The van der Waals surface area contributed by atoms with Gasteiger partial charge in [-0.2, -0.15) is 10.2 Å². The number of aromatic nitrogens is 6. The van der Waals surface area contributed by atoms with Gasteiger partial charge in [0, 0.05) is 6.92 Å². The van der Waals surface area contributed by atoms with Crippen molar-refractivity contribution in [2.24, 2.45) is 0 Å². The van der Waals surface area contributed by atoms with Crippen molar-refractivity contribution >= 4 is 28.8 Å². The number of terminal acetylenes is 2. The minimum Gasteiger partial charge on any atom is -1.00 e. The van der Waals surface area contributed by atoms with E-state index in [1.165, 1.54) is 26.5 Å². The average Bonchev–Trinajstić information content (AvgIpc) is 3.15. The van der Waals surface area contributed by atoms with Crippen LogP contribution < -0.4 is 17.0 Å². The van der Waals surface area contributed by atoms with E-state index in [-0.39, 0.29) is 51.6 Å². The monoisotopic (exact) mass is 376 g/mol. The number of carbonyl (C=O) groups excluding carboxylic acids is 1. The van der Waals surface area contributed by atoms with Gasteiger partial charge in [-0.15, -0.1) is 6.42 Å². The Morgan fingerprint density at radius 1 is 1.32 bits per heavy atom. The van der Waals surface area contributed by atoms with Crippen molar-refractivity contribution in [3.8, 4) is 18.8 Å². The third-order valence-corrected chi connectivity index (χ3v) is 1.91. The molecule has 0 saturated carbocycles. The van der Waals surface area contributed by atoms with Crippen molar-refractivity contribution in [2.45, 2.75) is 19.4 Å². The summed E-state index contributed by atoms with van der Waals surface area (Å²) in [7, 11) is 0. The summed E-state index contributed by atoms with van der Waals surface area (Å²) in [5, 5.41) is 21.2. The number of hydrogen-bond acceptors (Lipinski definition) is 6. The van der Waals surface area contributed by atoms with Gasteiger partial charge in [-0.05, 0) is 6.92 Å². The van der Waals surface area contributed by atoms with Crippen LogP contribution in [0.1, 0.15) is 30.3 Å². The Hall–Kier alpha value is -1.72. The molecule has 2 rings (SSSR count). The van der Waals surface area contributed by atoms with Crippen LogP contribution in [0.2, 0.25) is 0 Å². The third kappa shape index (κ3) is 8.54. The summed E-state index contributed by atoms with van der Waals surface area (Å²) in [6.07, 6.45) is 16.6. The zero-order valence-corrected chi connectivity index (χ0v) is 15.0. The van der Waals surface area contributed by atoms with Crippen LogP contribution in [0.25, 0.3) is 0 Å². The predicted octanol–water partition coefficient (Wildman–Crippen LogP) is -3.52. The van der Waals surface area contributed by atoms with Crippen LogP contribution in [0, 0.1) is 25.2 Å². The Labute approximate surface area is 154 Å². The fraction of sp³-hybridized carbons (Fsp3) is 0.250. The second-order valence-electron chi connectivity index (χ2n) is 3.44. The first kappa shape index (κ1) is 25.2. The molecule has 0 aromatic carbocycles. The number of aliphatic hydroxyl groups is 1. The quantitative estimate of drug-likeness (QED) is 0.216. The molecule has 0 aliphatic heterocycles. The number of carbonyl (C=O) groups is 1. The molecule has 0 fully saturated rings. The molecule has 0 aliphatic carbocycles. The molecule has 0 bridgehead atoms. The van der Waals surface area contributed by atoms with Gasteiger partial charge in [0.25, 0.3) is 0 Å². The van der Waals surface area contributed by atoms with Crippen molar-refractivity contribution < 1.29 is 26.9 Å². The van der Waals surface area contributed by atoms with Crippen molar-refractivity contribution in [1.29, 1.82) is 0 Å². The second-order valence-corrected chi connectivity index (χ2v) is 3.44. The summed E-state index contributed by atoms with van der Waals surface area (Å²) < 4.78 is 0. The molecule has 22 heavy (non-hydrogen) atoms. The van der Waals surface area contributed by atoms with Crippen LogP contribution in [0.15, 0.2) is 12.7 Å². The summed E-state index contributed by atoms with van der Waals surface area (Å²) in [6.45, 7) is 2.90. The maximum absolute atomic E-state index is 10.4. The van der Waals surface area contributed by atoms with E-state index in [4.69, 9.17) is 12.8 Å². The van der Waals surface area contributed by atoms with Crippen LogP contribution in [0.3, 0.4) is 0 Å². The maximum Gasteiger partial charge on any atom is 2.00 e. The smallest absolute Gasteiger partial charge is 1.00 e. The van der Waals surface area contributed by atoms with E-state index in [1.54, 1.807) is 0 Å². The molecule has 2 heterocycles. The molecule has 0 radical (unpaired) electrons. The van der Waals surface area contributed by atoms with Gasteiger partial charge in [0.1, 0.15) is 12.7 Å². The van der Waals surface area contributed by atoms with E-state index in [9.17, 15) is 9.90 Å². The molecule has 1 unspecified atom stereocenters.